The Bertz CT molecular complexity index is 1310. The average molecular weight is 701 g/mol. The van der Waals surface area contributed by atoms with Crippen LogP contribution in [0.2, 0.25) is 0 Å². The summed E-state index contributed by atoms with van der Waals surface area (Å²) in [4.78, 5) is 61.5. The van der Waals surface area contributed by atoms with Gasteiger partial charge >= 0.3 is 23.9 Å². The predicted octanol–water partition coefficient (Wildman–Crippen LogP) is 4.65. The van der Waals surface area contributed by atoms with Crippen molar-refractivity contribution in [2.45, 2.75) is 84.2 Å². The standard InChI is InChI=1S/C29H34BrNO10S2/c1-14(32)37-13-22-24(38-15(2)33)25(39-16(3)34)26(40-17(4)35)27(41-22)43-28(42)23-20(11-29(5,6)12-21(23)36)31-19-9-7-18(30)8-10-19/h7-10,22,24-27,31H,11-13H2,1-6H3/t22-,24-,25+,26+,27+/m0/s1. The Kier molecular flexibility index (Phi) is 11.9. The van der Waals surface area contributed by atoms with E-state index in [1.165, 1.54) is 6.92 Å². The number of hydrogen-bond acceptors (Lipinski definition) is 13. The Labute approximate surface area is 267 Å². The maximum Gasteiger partial charge on any atom is 0.303 e. The molecule has 234 valence electrons. The Balaban J connectivity index is 2.04. The molecule has 0 unspecified atom stereocenters. The molecule has 3 rings (SSSR count). The second kappa shape index (κ2) is 14.8. The highest BCUT2D eigenvalue weighted by Gasteiger charge is 2.53. The number of esters is 4. The summed E-state index contributed by atoms with van der Waals surface area (Å²) in [6.07, 6.45) is -4.30. The molecule has 0 aromatic heterocycles. The van der Waals surface area contributed by atoms with Gasteiger partial charge in [0.05, 0.1) is 9.77 Å². The van der Waals surface area contributed by atoms with E-state index in [2.05, 4.69) is 21.2 Å². The van der Waals surface area contributed by atoms with Crippen LogP contribution in [-0.2, 0) is 47.7 Å². The van der Waals surface area contributed by atoms with Gasteiger partial charge in [0.2, 0.25) is 0 Å². The summed E-state index contributed by atoms with van der Waals surface area (Å²) in [5.41, 5.74) is 0.174. The number of allylic oxidation sites excluding steroid dienone is 1. The number of thioether (sulfide) groups is 1. The molecular weight excluding hydrogens is 666 g/mol. The summed E-state index contributed by atoms with van der Waals surface area (Å²) in [5.74, 6) is -3.01. The van der Waals surface area contributed by atoms with E-state index in [4.69, 9.17) is 35.9 Å². The van der Waals surface area contributed by atoms with E-state index < -0.39 is 53.7 Å². The molecule has 43 heavy (non-hydrogen) atoms. The number of carbonyl (C=O) groups excluding carboxylic acids is 5. The first-order valence-corrected chi connectivity index (χ1v) is 15.4. The number of thiocarbonyl (C=S) groups is 1. The Morgan fingerprint density at radius 2 is 1.49 bits per heavy atom. The van der Waals surface area contributed by atoms with Crippen LogP contribution in [0.3, 0.4) is 0 Å². The molecule has 1 N–H and O–H groups in total. The minimum absolute atomic E-state index is 0.154. The SMILES string of the molecule is CC(=O)OC[C@@H]1O[C@H](SC(=S)C2=C(Nc3ccc(Br)cc3)CC(C)(C)CC2=O)[C@H](OC(C)=O)[C@H](OC(C)=O)[C@H]1OC(C)=O. The number of nitrogens with one attached hydrogen (secondary N) is 1. The molecule has 0 amide bonds. The van der Waals surface area contributed by atoms with Gasteiger partial charge in [0.25, 0.3) is 0 Å². The molecule has 0 bridgehead atoms. The predicted molar refractivity (Wildman–Crippen MR) is 165 cm³/mol. The van der Waals surface area contributed by atoms with Gasteiger partial charge in [-0.25, -0.2) is 0 Å². The molecule has 11 nitrogen and oxygen atoms in total. The smallest absolute Gasteiger partial charge is 0.303 e. The lowest BCUT2D eigenvalue weighted by Crippen LogP contribution is -2.61. The molecule has 5 atom stereocenters. The van der Waals surface area contributed by atoms with Gasteiger partial charge in [-0.05, 0) is 36.1 Å². The van der Waals surface area contributed by atoms with Crippen molar-refractivity contribution in [3.63, 3.8) is 0 Å². The summed E-state index contributed by atoms with van der Waals surface area (Å²) < 4.78 is 28.8. The summed E-state index contributed by atoms with van der Waals surface area (Å²) in [5, 5.41) is 3.34. The van der Waals surface area contributed by atoms with E-state index in [0.717, 1.165) is 42.7 Å². The van der Waals surface area contributed by atoms with E-state index >= 15 is 0 Å². The van der Waals surface area contributed by atoms with Crippen LogP contribution < -0.4 is 5.32 Å². The van der Waals surface area contributed by atoms with Crippen molar-refractivity contribution in [2.24, 2.45) is 5.41 Å². The molecule has 0 spiro atoms. The van der Waals surface area contributed by atoms with Crippen molar-refractivity contribution in [2.75, 3.05) is 11.9 Å². The van der Waals surface area contributed by atoms with Crippen molar-refractivity contribution in [1.82, 2.24) is 0 Å². The van der Waals surface area contributed by atoms with Gasteiger partial charge in [-0.3, -0.25) is 24.0 Å². The number of rotatable bonds is 9. The van der Waals surface area contributed by atoms with Gasteiger partial charge in [0.1, 0.15) is 18.1 Å². The molecular formula is C29H34BrNO10S2. The molecule has 14 heteroatoms. The lowest BCUT2D eigenvalue weighted by atomic mass is 9.76. The van der Waals surface area contributed by atoms with Crippen molar-refractivity contribution in [1.29, 1.82) is 0 Å². The molecule has 1 fully saturated rings. The molecule has 1 aliphatic heterocycles. The molecule has 1 aromatic carbocycles. The fourth-order valence-corrected chi connectivity index (χ4v) is 6.71. The zero-order valence-electron chi connectivity index (χ0n) is 24.6. The normalized spacial score (nSPS) is 24.9. The molecule has 0 saturated carbocycles. The lowest BCUT2D eigenvalue weighted by Gasteiger charge is -2.44. The zero-order chi connectivity index (χ0) is 32.1. The van der Waals surface area contributed by atoms with Crippen LogP contribution in [0.15, 0.2) is 40.0 Å². The Morgan fingerprint density at radius 1 is 0.930 bits per heavy atom. The number of carbonyl (C=O) groups is 5. The number of hydrogen-bond donors (Lipinski definition) is 1. The van der Waals surface area contributed by atoms with Gasteiger partial charge < -0.3 is 29.0 Å². The average Bonchev–Trinajstić information content (AvgIpc) is 2.86. The summed E-state index contributed by atoms with van der Waals surface area (Å²) in [7, 11) is 0. The van der Waals surface area contributed by atoms with E-state index in [9.17, 15) is 24.0 Å². The van der Waals surface area contributed by atoms with Gasteiger partial charge in [-0.1, -0.05) is 53.8 Å². The van der Waals surface area contributed by atoms with Crippen molar-refractivity contribution >= 4 is 79.5 Å². The second-order valence-electron chi connectivity index (χ2n) is 10.9. The summed E-state index contributed by atoms with van der Waals surface area (Å²) >= 11 is 10.1. The molecule has 1 aliphatic carbocycles. The van der Waals surface area contributed by atoms with Crippen LogP contribution in [0.4, 0.5) is 5.69 Å². The number of anilines is 1. The fourth-order valence-electron chi connectivity index (χ4n) is 4.82. The van der Waals surface area contributed by atoms with Gasteiger partial charge in [0.15, 0.2) is 24.1 Å². The van der Waals surface area contributed by atoms with Crippen molar-refractivity contribution in [3.05, 3.63) is 40.0 Å². The third-order valence-electron chi connectivity index (χ3n) is 6.39. The van der Waals surface area contributed by atoms with Crippen molar-refractivity contribution in [3.8, 4) is 0 Å². The highest BCUT2D eigenvalue weighted by Crippen LogP contribution is 2.42. The number of benzene rings is 1. The first kappa shape index (κ1) is 34.7. The van der Waals surface area contributed by atoms with E-state index in [0.29, 0.717) is 12.1 Å². The van der Waals surface area contributed by atoms with Crippen LogP contribution in [-0.4, -0.2) is 70.3 Å². The third-order valence-corrected chi connectivity index (χ3v) is 8.44. The highest BCUT2D eigenvalue weighted by atomic mass is 79.9. The molecule has 1 saturated heterocycles. The first-order chi connectivity index (χ1) is 20.1. The maximum atomic E-state index is 13.5. The van der Waals surface area contributed by atoms with Gasteiger partial charge in [0, 0.05) is 50.0 Å². The van der Waals surface area contributed by atoms with Crippen LogP contribution in [0.25, 0.3) is 0 Å². The second-order valence-corrected chi connectivity index (χ2v) is 13.6. The first-order valence-electron chi connectivity index (χ1n) is 13.4. The van der Waals surface area contributed by atoms with Gasteiger partial charge in [-0.2, -0.15) is 0 Å². The fraction of sp³-hybridized carbons (Fsp3) is 0.517. The number of halogens is 1. The largest absolute Gasteiger partial charge is 0.463 e. The van der Waals surface area contributed by atoms with Gasteiger partial charge in [-0.15, -0.1) is 0 Å². The number of Topliss-reactive ketones (excluding diaryl/α,β-unsaturated/α-hetero) is 1. The van der Waals surface area contributed by atoms with Crippen LogP contribution >= 0.6 is 39.9 Å². The monoisotopic (exact) mass is 699 g/mol. The quantitative estimate of drug-likeness (QED) is 0.217. The Hall–Kier alpha value is -2.81. The maximum absolute atomic E-state index is 13.5. The van der Waals surface area contributed by atoms with Crippen molar-refractivity contribution < 1.29 is 47.7 Å². The zero-order valence-corrected chi connectivity index (χ0v) is 27.8. The van der Waals surface area contributed by atoms with E-state index in [-0.39, 0.29) is 34.0 Å². The molecule has 1 heterocycles. The minimum atomic E-state index is -1.34. The Morgan fingerprint density at radius 3 is 2.05 bits per heavy atom. The molecule has 0 radical (unpaired) electrons. The number of ketones is 1. The van der Waals surface area contributed by atoms with Crippen LogP contribution in [0.5, 0.6) is 0 Å². The molecule has 1 aromatic rings. The topological polar surface area (TPSA) is 144 Å². The minimum Gasteiger partial charge on any atom is -0.463 e. The number of ether oxygens (including phenoxy) is 5. The van der Waals surface area contributed by atoms with E-state index in [1.54, 1.807) is 0 Å². The summed E-state index contributed by atoms with van der Waals surface area (Å²) in [6.45, 7) is 8.25. The van der Waals surface area contributed by atoms with E-state index in [1.807, 2.05) is 38.1 Å². The van der Waals surface area contributed by atoms with Crippen LogP contribution in [0, 0.1) is 5.41 Å². The summed E-state index contributed by atoms with van der Waals surface area (Å²) in [6, 6.07) is 7.44. The lowest BCUT2D eigenvalue weighted by molar-refractivity contribution is -0.237. The highest BCUT2D eigenvalue weighted by molar-refractivity contribution is 9.10. The van der Waals surface area contributed by atoms with Crippen LogP contribution in [0.1, 0.15) is 54.4 Å². The third kappa shape index (κ3) is 9.85. The molecule has 2 aliphatic rings.